The number of H-pyrrole nitrogens is 1. The number of hydrogen-bond acceptors (Lipinski definition) is 18. The number of anilines is 1. The lowest BCUT2D eigenvalue weighted by Crippen LogP contribution is -2.17. The third-order valence-electron chi connectivity index (χ3n) is 6.55. The molecule has 0 aliphatic heterocycles. The molecule has 0 aliphatic rings. The van der Waals surface area contributed by atoms with Crippen molar-refractivity contribution in [3.8, 4) is 46.0 Å². The van der Waals surface area contributed by atoms with Crippen molar-refractivity contribution in [1.29, 1.82) is 0 Å². The summed E-state index contributed by atoms with van der Waals surface area (Å²) in [6.07, 6.45) is 4.35. The number of ether oxygens (including phenoxy) is 5. The number of aromatic amines is 1. The number of aryl methyl sites for hydroxylation is 1. The highest BCUT2D eigenvalue weighted by atomic mass is 32.2. The maximum absolute atomic E-state index is 13.5. The molecule has 21 nitrogen and oxygen atoms in total. The molecule has 22 heteroatoms. The van der Waals surface area contributed by atoms with Gasteiger partial charge in [0.25, 0.3) is 27.5 Å². The number of carbonyl (C=O) groups excluding carboxylic acids is 1. The standard InChI is InChI=1S/C26H23N9O7S.C5H11NO4/c1-16-7-8-21(28-14-16)43(37,38)33-25-22(42-20-6-4-3-5-19(20)39-2)26(41-12-11-40-15-36)30-23(29-25)17-9-10-27-18(13-17)24-31-34-35-32-24;1-9-4-2-3-5-10-6(7)8/h3-10,13-15H,11-12H2,1-2H3,(H,29,30,33)(H,31,32,34,35);2-5H2,1H3. The molecule has 1 aromatic carbocycles. The molecule has 4 aromatic heterocycles. The molecule has 0 fully saturated rings. The Morgan fingerprint density at radius 1 is 0.962 bits per heavy atom. The molecule has 0 radical (unpaired) electrons. The summed E-state index contributed by atoms with van der Waals surface area (Å²) in [5.74, 6) is 0.164. The van der Waals surface area contributed by atoms with Gasteiger partial charge in [0.1, 0.15) is 18.9 Å². The summed E-state index contributed by atoms with van der Waals surface area (Å²) in [6, 6.07) is 12.8. The molecule has 280 valence electrons. The van der Waals surface area contributed by atoms with Gasteiger partial charge in [-0.25, -0.2) is 9.97 Å². The average molecular weight is 755 g/mol. The molecule has 0 saturated carbocycles. The molecule has 0 aliphatic carbocycles. The molecular formula is C31H34N10O11S. The number of tetrazole rings is 1. The fourth-order valence-corrected chi connectivity index (χ4v) is 5.04. The Labute approximate surface area is 302 Å². The van der Waals surface area contributed by atoms with Gasteiger partial charge in [0, 0.05) is 31.7 Å². The zero-order valence-corrected chi connectivity index (χ0v) is 29.4. The molecule has 0 bridgehead atoms. The van der Waals surface area contributed by atoms with Gasteiger partial charge in [0.05, 0.1) is 13.7 Å². The first kappa shape index (κ1) is 39.2. The van der Waals surface area contributed by atoms with E-state index in [2.05, 4.69) is 50.1 Å². The quantitative estimate of drug-likeness (QED) is 0.0530. The van der Waals surface area contributed by atoms with E-state index in [1.807, 2.05) is 0 Å². The number of nitrogens with one attached hydrogen (secondary N) is 2. The fourth-order valence-electron chi connectivity index (χ4n) is 4.11. The van der Waals surface area contributed by atoms with Gasteiger partial charge >= 0.3 is 0 Å². The Bertz CT molecular complexity index is 2040. The molecule has 0 atom stereocenters. The number of methoxy groups -OCH3 is 2. The lowest BCUT2D eigenvalue weighted by molar-refractivity contribution is -0.757. The summed E-state index contributed by atoms with van der Waals surface area (Å²) >= 11 is 0. The van der Waals surface area contributed by atoms with Gasteiger partial charge in [-0.3, -0.25) is 14.5 Å². The van der Waals surface area contributed by atoms with Gasteiger partial charge in [-0.15, -0.1) is 20.3 Å². The number of pyridine rings is 2. The van der Waals surface area contributed by atoms with Crippen molar-refractivity contribution in [1.82, 2.24) is 40.6 Å². The first-order valence-corrected chi connectivity index (χ1v) is 17.0. The number of hydrogen-bond donors (Lipinski definition) is 2. The van der Waals surface area contributed by atoms with Crippen LogP contribution in [0.1, 0.15) is 18.4 Å². The van der Waals surface area contributed by atoms with E-state index in [1.165, 1.54) is 25.6 Å². The van der Waals surface area contributed by atoms with E-state index in [0.29, 0.717) is 30.0 Å². The second-order valence-electron chi connectivity index (χ2n) is 10.3. The highest BCUT2D eigenvalue weighted by Crippen LogP contribution is 2.41. The Morgan fingerprint density at radius 2 is 1.75 bits per heavy atom. The van der Waals surface area contributed by atoms with Gasteiger partial charge in [-0.05, 0) is 60.9 Å². The second-order valence-corrected chi connectivity index (χ2v) is 11.9. The van der Waals surface area contributed by atoms with E-state index >= 15 is 0 Å². The Hall–Kier alpha value is -6.55. The van der Waals surface area contributed by atoms with Crippen LogP contribution in [0, 0.1) is 17.0 Å². The van der Waals surface area contributed by atoms with Crippen LogP contribution in [0.4, 0.5) is 5.82 Å². The van der Waals surface area contributed by atoms with Crippen molar-refractivity contribution < 1.29 is 46.8 Å². The van der Waals surface area contributed by atoms with Gasteiger partial charge in [0.2, 0.25) is 11.6 Å². The molecule has 2 N–H and O–H groups in total. The van der Waals surface area contributed by atoms with Crippen molar-refractivity contribution in [2.75, 3.05) is 45.4 Å². The third kappa shape index (κ3) is 11.8. The molecule has 0 saturated heterocycles. The number of rotatable bonds is 19. The van der Waals surface area contributed by atoms with Crippen molar-refractivity contribution in [3.63, 3.8) is 0 Å². The van der Waals surface area contributed by atoms with E-state index in [1.54, 1.807) is 56.5 Å². The highest BCUT2D eigenvalue weighted by Gasteiger charge is 2.26. The summed E-state index contributed by atoms with van der Waals surface area (Å²) in [4.78, 5) is 41.6. The number of nitrogens with zero attached hydrogens (tertiary/aromatic N) is 8. The van der Waals surface area contributed by atoms with E-state index in [-0.39, 0.29) is 66.2 Å². The summed E-state index contributed by atoms with van der Waals surface area (Å²) in [6.45, 7) is 2.57. The number of para-hydroxylation sites is 2. The molecule has 0 spiro atoms. The van der Waals surface area contributed by atoms with Gasteiger partial charge in [-0.2, -0.15) is 18.6 Å². The predicted octanol–water partition coefficient (Wildman–Crippen LogP) is 3.20. The Balaban J connectivity index is 0.000000550. The minimum absolute atomic E-state index is 0.0281. The van der Waals surface area contributed by atoms with Crippen LogP contribution in [0.15, 0.2) is 66.0 Å². The van der Waals surface area contributed by atoms with Crippen LogP contribution in [0.2, 0.25) is 0 Å². The van der Waals surface area contributed by atoms with E-state index in [0.717, 1.165) is 12.0 Å². The maximum atomic E-state index is 13.5. The lowest BCUT2D eigenvalue weighted by atomic mass is 10.2. The smallest absolute Gasteiger partial charge is 0.294 e. The van der Waals surface area contributed by atoms with Crippen LogP contribution in [0.3, 0.4) is 0 Å². The van der Waals surface area contributed by atoms with Crippen LogP contribution in [-0.4, -0.2) is 101 Å². The van der Waals surface area contributed by atoms with Crippen LogP contribution in [-0.2, 0) is 29.1 Å². The normalized spacial score (nSPS) is 10.7. The molecule has 5 aromatic rings. The van der Waals surface area contributed by atoms with Crippen LogP contribution in [0.25, 0.3) is 22.9 Å². The first-order chi connectivity index (χ1) is 25.6. The fraction of sp³-hybridized carbons (Fsp3) is 0.290. The maximum Gasteiger partial charge on any atom is 0.294 e. The molecule has 53 heavy (non-hydrogen) atoms. The Kier molecular flexibility index (Phi) is 14.6. The number of carbonyl (C=O) groups is 1. The van der Waals surface area contributed by atoms with Gasteiger partial charge < -0.3 is 28.5 Å². The number of sulfonamides is 1. The second kappa shape index (κ2) is 19.7. The van der Waals surface area contributed by atoms with E-state index < -0.39 is 15.1 Å². The predicted molar refractivity (Wildman–Crippen MR) is 183 cm³/mol. The molecule has 0 unspecified atom stereocenters. The molecule has 4 heterocycles. The van der Waals surface area contributed by atoms with Crippen molar-refractivity contribution in [3.05, 3.63) is 76.6 Å². The number of benzene rings is 1. The number of aromatic nitrogens is 8. The SMILES string of the molecule is COCCCCO[N+](=O)[O-].COc1ccccc1Oc1c(NS(=O)(=O)c2ccc(C)cn2)nc(-c2ccnc(-c3nn[nH]n3)c2)nc1OCCOC=O. The topological polar surface area (TPSA) is 268 Å². The van der Waals surface area contributed by atoms with E-state index in [9.17, 15) is 23.3 Å². The minimum Gasteiger partial charge on any atom is -0.493 e. The van der Waals surface area contributed by atoms with Crippen LogP contribution < -0.4 is 18.9 Å². The summed E-state index contributed by atoms with van der Waals surface area (Å²) in [5, 5.41) is 22.3. The third-order valence-corrected chi connectivity index (χ3v) is 7.80. The van der Waals surface area contributed by atoms with Gasteiger partial charge in [-0.1, -0.05) is 18.2 Å². The van der Waals surface area contributed by atoms with Crippen molar-refractivity contribution in [2.45, 2.75) is 24.8 Å². The largest absolute Gasteiger partial charge is 0.493 e. The zero-order valence-electron chi connectivity index (χ0n) is 28.6. The van der Waals surface area contributed by atoms with E-state index in [4.69, 9.17) is 23.7 Å². The van der Waals surface area contributed by atoms with Gasteiger partial charge in [0.15, 0.2) is 28.2 Å². The molecule has 0 amide bonds. The summed E-state index contributed by atoms with van der Waals surface area (Å²) < 4.78 is 56.2. The highest BCUT2D eigenvalue weighted by molar-refractivity contribution is 7.92. The Morgan fingerprint density at radius 3 is 2.43 bits per heavy atom. The number of unbranched alkanes of at least 4 members (excludes halogenated alkanes) is 1. The summed E-state index contributed by atoms with van der Waals surface area (Å²) in [5.41, 5.74) is 1.52. The average Bonchev–Trinajstić information content (AvgIpc) is 3.70. The van der Waals surface area contributed by atoms with Crippen LogP contribution >= 0.6 is 0 Å². The van der Waals surface area contributed by atoms with Crippen molar-refractivity contribution >= 4 is 22.3 Å². The first-order valence-electron chi connectivity index (χ1n) is 15.5. The molecule has 5 rings (SSSR count). The minimum atomic E-state index is -4.28. The summed E-state index contributed by atoms with van der Waals surface area (Å²) in [7, 11) is -1.24. The molecular weight excluding hydrogens is 720 g/mol. The lowest BCUT2D eigenvalue weighted by Gasteiger charge is -2.18. The van der Waals surface area contributed by atoms with Crippen LogP contribution in [0.5, 0.6) is 23.1 Å². The van der Waals surface area contributed by atoms with Crippen molar-refractivity contribution in [2.24, 2.45) is 0 Å². The zero-order chi connectivity index (χ0) is 38.1. The monoisotopic (exact) mass is 754 g/mol.